The second-order valence-electron chi connectivity index (χ2n) is 11.2. The van der Waals surface area contributed by atoms with Gasteiger partial charge in [-0.3, -0.25) is 4.57 Å². The van der Waals surface area contributed by atoms with Gasteiger partial charge in [0.15, 0.2) is 11.6 Å². The highest BCUT2D eigenvalue weighted by molar-refractivity contribution is 5.93. The molecule has 0 bridgehead atoms. The fourth-order valence-electron chi connectivity index (χ4n) is 7.06. The van der Waals surface area contributed by atoms with Gasteiger partial charge in [-0.25, -0.2) is 19.9 Å². The zero-order valence-electron chi connectivity index (χ0n) is 23.7. The van der Waals surface area contributed by atoms with E-state index < -0.39 is 5.41 Å². The zero-order valence-corrected chi connectivity index (χ0v) is 23.7. The zero-order chi connectivity index (χ0) is 29.1. The van der Waals surface area contributed by atoms with Crippen LogP contribution >= 0.6 is 0 Å². The predicted octanol–water partition coefficient (Wildman–Crippen LogP) is 8.39. The van der Waals surface area contributed by atoms with Crippen LogP contribution in [0.4, 0.5) is 0 Å². The van der Waals surface area contributed by atoms with Gasteiger partial charge in [0.2, 0.25) is 0 Å². The second kappa shape index (κ2) is 9.54. The highest BCUT2D eigenvalue weighted by Gasteiger charge is 2.45. The minimum absolute atomic E-state index is 0.540. The number of rotatable bonds is 4. The Morgan fingerprint density at radius 3 is 1.93 bits per heavy atom. The summed E-state index contributed by atoms with van der Waals surface area (Å²) >= 11 is 0. The molecule has 0 spiro atoms. The van der Waals surface area contributed by atoms with E-state index in [2.05, 4.69) is 159 Å². The van der Waals surface area contributed by atoms with Gasteiger partial charge in [0.25, 0.3) is 0 Å². The number of para-hydroxylation sites is 1. The van der Waals surface area contributed by atoms with Gasteiger partial charge in [-0.05, 0) is 68.4 Å². The minimum Gasteiger partial charge on any atom is -0.289 e. The average Bonchev–Trinajstić information content (AvgIpc) is 3.50. The van der Waals surface area contributed by atoms with Crippen molar-refractivity contribution >= 4 is 21.8 Å². The molecule has 206 valence electrons. The number of imidazole rings is 1. The Morgan fingerprint density at radius 2 is 1.18 bits per heavy atom. The van der Waals surface area contributed by atoms with Crippen molar-refractivity contribution in [2.24, 2.45) is 0 Å². The van der Waals surface area contributed by atoms with Gasteiger partial charge in [-0.15, -0.1) is 0 Å². The fourth-order valence-corrected chi connectivity index (χ4v) is 7.06. The van der Waals surface area contributed by atoms with Crippen LogP contribution in [0.5, 0.6) is 0 Å². The van der Waals surface area contributed by atoms with Crippen LogP contribution in [0, 0.1) is 0 Å². The number of nitrogens with zero attached hydrogens (tertiary/aromatic N) is 5. The van der Waals surface area contributed by atoms with Crippen molar-refractivity contribution in [2.45, 2.75) is 5.41 Å². The number of benzene rings is 6. The van der Waals surface area contributed by atoms with E-state index in [0.29, 0.717) is 11.6 Å². The third kappa shape index (κ3) is 3.47. The molecule has 0 atom stereocenters. The Hall–Kier alpha value is -5.94. The van der Waals surface area contributed by atoms with Crippen molar-refractivity contribution < 1.29 is 0 Å². The van der Waals surface area contributed by atoms with E-state index >= 15 is 0 Å². The molecule has 8 aromatic rings. The van der Waals surface area contributed by atoms with Gasteiger partial charge in [0.1, 0.15) is 12.7 Å². The molecule has 0 amide bonds. The molecule has 0 N–H and O–H groups in total. The van der Waals surface area contributed by atoms with Crippen LogP contribution in [0.15, 0.2) is 152 Å². The molecule has 44 heavy (non-hydrogen) atoms. The van der Waals surface area contributed by atoms with E-state index in [4.69, 9.17) is 4.98 Å². The summed E-state index contributed by atoms with van der Waals surface area (Å²) in [5.74, 6) is 1.24. The topological polar surface area (TPSA) is 56.5 Å². The first kappa shape index (κ1) is 24.6. The van der Waals surface area contributed by atoms with Crippen molar-refractivity contribution in [1.29, 1.82) is 0 Å². The monoisotopic (exact) mass is 563 g/mol. The number of aromatic nitrogens is 5. The standard InChI is InChI=1S/C39H25N5/c1-3-12-30(13-4-1)39(31-14-5-2-6-15-31)32-16-9-17-34-36(32)44(38(43-34)37-41-24-40-25-42-37)35-21-20-29(23-33(35)39)28-19-18-26-10-7-8-11-27(26)22-28/h1-25H. The Bertz CT molecular complexity index is 2290. The Balaban J connectivity index is 1.44. The van der Waals surface area contributed by atoms with E-state index in [9.17, 15) is 0 Å². The van der Waals surface area contributed by atoms with Gasteiger partial charge in [0, 0.05) is 0 Å². The maximum Gasteiger partial charge on any atom is 0.199 e. The first-order chi connectivity index (χ1) is 21.8. The molecule has 0 saturated heterocycles. The highest BCUT2D eigenvalue weighted by atomic mass is 15.1. The summed E-state index contributed by atoms with van der Waals surface area (Å²) in [6, 6.07) is 50.2. The summed E-state index contributed by atoms with van der Waals surface area (Å²) < 4.78 is 2.24. The van der Waals surface area contributed by atoms with Crippen molar-refractivity contribution in [3.05, 3.63) is 174 Å². The second-order valence-corrected chi connectivity index (χ2v) is 11.2. The lowest BCUT2D eigenvalue weighted by molar-refractivity contribution is 0.725. The molecule has 9 rings (SSSR count). The molecule has 0 fully saturated rings. The van der Waals surface area contributed by atoms with Gasteiger partial charge >= 0.3 is 0 Å². The molecule has 2 aromatic heterocycles. The number of fused-ring (bicyclic) bond motifs is 3. The number of hydrogen-bond acceptors (Lipinski definition) is 4. The molecule has 0 saturated carbocycles. The summed E-state index contributed by atoms with van der Waals surface area (Å²) in [5, 5.41) is 2.45. The Kier molecular flexibility index (Phi) is 5.34. The van der Waals surface area contributed by atoms with Crippen LogP contribution in [-0.2, 0) is 5.41 Å². The Morgan fingerprint density at radius 1 is 0.523 bits per heavy atom. The molecule has 6 aromatic carbocycles. The smallest absolute Gasteiger partial charge is 0.199 e. The van der Waals surface area contributed by atoms with Crippen LogP contribution in [0.2, 0.25) is 0 Å². The fraction of sp³-hybridized carbons (Fsp3) is 0.0256. The first-order valence-corrected chi connectivity index (χ1v) is 14.7. The summed E-state index contributed by atoms with van der Waals surface area (Å²) in [5.41, 5.74) is 9.49. The van der Waals surface area contributed by atoms with Crippen molar-refractivity contribution in [3.8, 4) is 28.5 Å². The molecule has 1 aliphatic heterocycles. The molecule has 1 aliphatic rings. The van der Waals surface area contributed by atoms with E-state index in [-0.39, 0.29) is 0 Å². The lowest BCUT2D eigenvalue weighted by Gasteiger charge is -2.41. The van der Waals surface area contributed by atoms with Crippen LogP contribution in [0.25, 0.3) is 50.3 Å². The van der Waals surface area contributed by atoms with Gasteiger partial charge < -0.3 is 0 Å². The summed E-state index contributed by atoms with van der Waals surface area (Å²) in [7, 11) is 0. The van der Waals surface area contributed by atoms with Gasteiger partial charge in [0.05, 0.1) is 22.1 Å². The quantitative estimate of drug-likeness (QED) is 0.216. The molecule has 0 radical (unpaired) electrons. The predicted molar refractivity (Wildman–Crippen MR) is 175 cm³/mol. The summed E-state index contributed by atoms with van der Waals surface area (Å²) in [6.07, 6.45) is 3.06. The van der Waals surface area contributed by atoms with Crippen LogP contribution in [-0.4, -0.2) is 24.5 Å². The van der Waals surface area contributed by atoms with Crippen LogP contribution in [0.1, 0.15) is 22.3 Å². The average molecular weight is 564 g/mol. The van der Waals surface area contributed by atoms with Gasteiger partial charge in [-0.1, -0.05) is 115 Å². The SMILES string of the molecule is c1ccc(C2(c3ccccc3)c3cc(-c4ccc5ccccc5c4)ccc3-n3c(-c4ncncn4)nc4cccc2c43)cc1. The third-order valence-corrected chi connectivity index (χ3v) is 8.91. The first-order valence-electron chi connectivity index (χ1n) is 14.7. The van der Waals surface area contributed by atoms with Crippen LogP contribution in [0.3, 0.4) is 0 Å². The molecule has 0 unspecified atom stereocenters. The lowest BCUT2D eigenvalue weighted by atomic mass is 9.63. The summed E-state index contributed by atoms with van der Waals surface area (Å²) in [6.45, 7) is 0. The molecule has 3 heterocycles. The van der Waals surface area contributed by atoms with Gasteiger partial charge in [-0.2, -0.15) is 0 Å². The minimum atomic E-state index is -0.601. The normalized spacial score (nSPS) is 13.2. The van der Waals surface area contributed by atoms with Crippen LogP contribution < -0.4 is 0 Å². The van der Waals surface area contributed by atoms with Crippen molar-refractivity contribution in [2.75, 3.05) is 0 Å². The molecular weight excluding hydrogens is 538 g/mol. The largest absolute Gasteiger partial charge is 0.289 e. The summed E-state index contributed by atoms with van der Waals surface area (Å²) in [4.78, 5) is 18.2. The molecular formula is C39H25N5. The molecule has 0 aliphatic carbocycles. The van der Waals surface area contributed by atoms with E-state index in [1.54, 1.807) is 0 Å². The maximum absolute atomic E-state index is 5.13. The molecule has 5 heteroatoms. The molecule has 5 nitrogen and oxygen atoms in total. The van der Waals surface area contributed by atoms with E-state index in [1.165, 1.54) is 51.2 Å². The van der Waals surface area contributed by atoms with E-state index in [0.717, 1.165) is 22.3 Å². The van der Waals surface area contributed by atoms with Crippen molar-refractivity contribution in [1.82, 2.24) is 24.5 Å². The van der Waals surface area contributed by atoms with Crippen molar-refractivity contribution in [3.63, 3.8) is 0 Å². The third-order valence-electron chi connectivity index (χ3n) is 8.91. The number of hydrogen-bond donors (Lipinski definition) is 0. The maximum atomic E-state index is 5.13. The Labute approximate surface area is 254 Å². The van der Waals surface area contributed by atoms with E-state index in [1.807, 2.05) is 0 Å². The lowest BCUT2D eigenvalue weighted by Crippen LogP contribution is -2.35. The highest BCUT2D eigenvalue weighted by Crippen LogP contribution is 2.53.